The molecule has 6 nitrogen and oxygen atoms in total. The predicted octanol–water partition coefficient (Wildman–Crippen LogP) is 1.58. The number of hydrogen-bond acceptors (Lipinski definition) is 5. The molecule has 1 N–H and O–H groups in total. The number of ketones is 1. The molecule has 1 rings (SSSR count). The van der Waals surface area contributed by atoms with Gasteiger partial charge in [0.05, 0.1) is 14.2 Å². The molecule has 0 bridgehead atoms. The molecule has 0 aliphatic rings. The van der Waals surface area contributed by atoms with E-state index >= 15 is 0 Å². The SMILES string of the molecule is COC(=O)c1cc(C(=O)C(=O)NC(C)(C)C)ccc1OC. The maximum atomic E-state index is 12.1. The van der Waals surface area contributed by atoms with Crippen molar-refractivity contribution in [3.8, 4) is 5.75 Å². The van der Waals surface area contributed by atoms with Gasteiger partial charge in [-0.2, -0.15) is 0 Å². The normalized spacial score (nSPS) is 10.7. The zero-order valence-corrected chi connectivity index (χ0v) is 12.8. The summed E-state index contributed by atoms with van der Waals surface area (Å²) in [5, 5.41) is 2.57. The first kappa shape index (κ1) is 16.7. The van der Waals surface area contributed by atoms with Gasteiger partial charge in [-0.1, -0.05) is 0 Å². The van der Waals surface area contributed by atoms with Crippen molar-refractivity contribution in [3.05, 3.63) is 29.3 Å². The molecular formula is C15H19NO5. The second kappa shape index (κ2) is 6.39. The van der Waals surface area contributed by atoms with E-state index in [2.05, 4.69) is 10.1 Å². The molecule has 0 saturated heterocycles. The molecule has 114 valence electrons. The summed E-state index contributed by atoms with van der Waals surface area (Å²) >= 11 is 0. The molecule has 0 aromatic heterocycles. The molecule has 0 heterocycles. The molecule has 0 spiro atoms. The number of hydrogen-bond donors (Lipinski definition) is 1. The van der Waals surface area contributed by atoms with Gasteiger partial charge in [-0.15, -0.1) is 0 Å². The van der Waals surface area contributed by atoms with Gasteiger partial charge in [0.15, 0.2) is 0 Å². The Balaban J connectivity index is 3.12. The molecule has 6 heteroatoms. The zero-order chi connectivity index (χ0) is 16.2. The third-order valence-electron chi connectivity index (χ3n) is 2.56. The van der Waals surface area contributed by atoms with Gasteiger partial charge in [-0.25, -0.2) is 4.79 Å². The summed E-state index contributed by atoms with van der Waals surface area (Å²) in [6.45, 7) is 5.31. The van der Waals surface area contributed by atoms with Gasteiger partial charge in [0.25, 0.3) is 5.91 Å². The fourth-order valence-corrected chi connectivity index (χ4v) is 1.65. The number of nitrogens with one attached hydrogen (secondary N) is 1. The average molecular weight is 293 g/mol. The van der Waals surface area contributed by atoms with E-state index in [1.807, 2.05) is 0 Å². The van der Waals surface area contributed by atoms with Crippen molar-refractivity contribution < 1.29 is 23.9 Å². The average Bonchev–Trinajstić information content (AvgIpc) is 2.43. The van der Waals surface area contributed by atoms with Gasteiger partial charge < -0.3 is 14.8 Å². The number of esters is 1. The number of Topliss-reactive ketones (excluding diaryl/α,β-unsaturated/α-hetero) is 1. The Morgan fingerprint density at radius 2 is 1.71 bits per heavy atom. The van der Waals surface area contributed by atoms with Crippen LogP contribution in [0.5, 0.6) is 5.75 Å². The van der Waals surface area contributed by atoms with Crippen molar-refractivity contribution in [1.29, 1.82) is 0 Å². The third kappa shape index (κ3) is 4.30. The highest BCUT2D eigenvalue weighted by Crippen LogP contribution is 2.21. The quantitative estimate of drug-likeness (QED) is 0.518. The molecule has 0 unspecified atom stereocenters. The molecule has 0 radical (unpaired) electrons. The molecule has 1 amide bonds. The molecule has 1 aromatic rings. The fourth-order valence-electron chi connectivity index (χ4n) is 1.65. The lowest BCUT2D eigenvalue weighted by atomic mass is 10.0. The van der Waals surface area contributed by atoms with Crippen LogP contribution >= 0.6 is 0 Å². The van der Waals surface area contributed by atoms with Crippen LogP contribution in [-0.4, -0.2) is 37.4 Å². The van der Waals surface area contributed by atoms with Crippen LogP contribution in [0.25, 0.3) is 0 Å². The van der Waals surface area contributed by atoms with Crippen LogP contribution in [0.15, 0.2) is 18.2 Å². The van der Waals surface area contributed by atoms with Crippen molar-refractivity contribution in [2.45, 2.75) is 26.3 Å². The van der Waals surface area contributed by atoms with Crippen molar-refractivity contribution in [1.82, 2.24) is 5.32 Å². The summed E-state index contributed by atoms with van der Waals surface area (Å²) in [4.78, 5) is 35.6. The maximum Gasteiger partial charge on any atom is 0.341 e. The number of carbonyl (C=O) groups excluding carboxylic acids is 3. The van der Waals surface area contributed by atoms with Crippen LogP contribution in [0.4, 0.5) is 0 Å². The first-order valence-electron chi connectivity index (χ1n) is 6.33. The highest BCUT2D eigenvalue weighted by molar-refractivity contribution is 6.43. The van der Waals surface area contributed by atoms with Crippen LogP contribution in [-0.2, 0) is 9.53 Å². The van der Waals surface area contributed by atoms with Gasteiger partial charge in [0.2, 0.25) is 5.78 Å². The first-order valence-corrected chi connectivity index (χ1v) is 6.33. The number of benzene rings is 1. The molecule has 0 atom stereocenters. The van der Waals surface area contributed by atoms with Crippen LogP contribution in [0.2, 0.25) is 0 Å². The Morgan fingerprint density at radius 1 is 1.10 bits per heavy atom. The summed E-state index contributed by atoms with van der Waals surface area (Å²) in [7, 11) is 2.62. The van der Waals surface area contributed by atoms with E-state index in [-0.39, 0.29) is 16.9 Å². The van der Waals surface area contributed by atoms with Crippen molar-refractivity contribution in [2.75, 3.05) is 14.2 Å². The minimum Gasteiger partial charge on any atom is -0.496 e. The summed E-state index contributed by atoms with van der Waals surface area (Å²) in [5.41, 5.74) is -0.336. The highest BCUT2D eigenvalue weighted by atomic mass is 16.5. The van der Waals surface area contributed by atoms with E-state index in [0.29, 0.717) is 0 Å². The lowest BCUT2D eigenvalue weighted by molar-refractivity contribution is -0.118. The molecular weight excluding hydrogens is 274 g/mol. The minimum atomic E-state index is -0.733. The molecule has 0 fully saturated rings. The van der Waals surface area contributed by atoms with Gasteiger partial charge in [0, 0.05) is 11.1 Å². The van der Waals surface area contributed by atoms with Gasteiger partial charge in [-0.3, -0.25) is 9.59 Å². The molecule has 1 aromatic carbocycles. The van der Waals surface area contributed by atoms with Crippen molar-refractivity contribution in [3.63, 3.8) is 0 Å². The second-order valence-electron chi connectivity index (χ2n) is 5.44. The first-order chi connectivity index (χ1) is 9.69. The highest BCUT2D eigenvalue weighted by Gasteiger charge is 2.23. The van der Waals surface area contributed by atoms with Crippen molar-refractivity contribution in [2.24, 2.45) is 0 Å². The number of carbonyl (C=O) groups is 3. The Labute approximate surface area is 123 Å². The zero-order valence-electron chi connectivity index (χ0n) is 12.8. The summed E-state index contributed by atoms with van der Waals surface area (Å²) in [6.07, 6.45) is 0. The predicted molar refractivity (Wildman–Crippen MR) is 76.6 cm³/mol. The van der Waals surface area contributed by atoms with E-state index in [0.717, 1.165) is 0 Å². The van der Waals surface area contributed by atoms with Crippen LogP contribution in [0.1, 0.15) is 41.5 Å². The molecule has 0 saturated carbocycles. The maximum absolute atomic E-state index is 12.1. The Morgan fingerprint density at radius 3 is 2.19 bits per heavy atom. The third-order valence-corrected chi connectivity index (χ3v) is 2.56. The van der Waals surface area contributed by atoms with Gasteiger partial charge in [0.1, 0.15) is 11.3 Å². The van der Waals surface area contributed by atoms with Crippen LogP contribution in [0, 0.1) is 0 Å². The standard InChI is InChI=1S/C15H19NO5/c1-15(2,3)16-13(18)12(17)9-6-7-11(20-4)10(8-9)14(19)21-5/h6-8H,1-5H3,(H,16,18). The van der Waals surface area contributed by atoms with E-state index in [4.69, 9.17) is 4.74 Å². The van der Waals surface area contributed by atoms with Crippen LogP contribution < -0.4 is 10.1 Å². The Hall–Kier alpha value is -2.37. The Kier molecular flexibility index (Phi) is 5.07. The fraction of sp³-hybridized carbons (Fsp3) is 0.400. The number of amides is 1. The largest absolute Gasteiger partial charge is 0.496 e. The second-order valence-corrected chi connectivity index (χ2v) is 5.44. The van der Waals surface area contributed by atoms with E-state index < -0.39 is 23.2 Å². The Bertz CT molecular complexity index is 572. The monoisotopic (exact) mass is 293 g/mol. The van der Waals surface area contributed by atoms with Gasteiger partial charge >= 0.3 is 5.97 Å². The smallest absolute Gasteiger partial charge is 0.341 e. The summed E-state index contributed by atoms with van der Waals surface area (Å²) < 4.78 is 9.66. The van der Waals surface area contributed by atoms with Crippen LogP contribution in [0.3, 0.4) is 0 Å². The number of ether oxygens (including phenoxy) is 2. The van der Waals surface area contributed by atoms with E-state index in [9.17, 15) is 14.4 Å². The molecule has 0 aliphatic carbocycles. The topological polar surface area (TPSA) is 81.7 Å². The minimum absolute atomic E-state index is 0.0920. The lowest BCUT2D eigenvalue weighted by Crippen LogP contribution is -2.44. The molecule has 21 heavy (non-hydrogen) atoms. The number of methoxy groups -OCH3 is 2. The van der Waals surface area contributed by atoms with E-state index in [1.54, 1.807) is 20.8 Å². The summed E-state index contributed by atoms with van der Waals surface area (Å²) in [6, 6.07) is 4.16. The van der Waals surface area contributed by atoms with Gasteiger partial charge in [-0.05, 0) is 39.0 Å². The lowest BCUT2D eigenvalue weighted by Gasteiger charge is -2.19. The number of rotatable bonds is 4. The summed E-state index contributed by atoms with van der Waals surface area (Å²) in [5.74, 6) is -1.83. The van der Waals surface area contributed by atoms with E-state index in [1.165, 1.54) is 32.4 Å². The van der Waals surface area contributed by atoms with Crippen molar-refractivity contribution >= 4 is 17.7 Å². The molecule has 0 aliphatic heterocycles.